The summed E-state index contributed by atoms with van der Waals surface area (Å²) in [6.07, 6.45) is 0.223. The second-order valence-electron chi connectivity index (χ2n) is 5.34. The summed E-state index contributed by atoms with van der Waals surface area (Å²) in [5.74, 6) is -0.306. The molecule has 2 saturated heterocycles. The molecule has 0 unspecified atom stereocenters. The van der Waals surface area contributed by atoms with Gasteiger partial charge in [-0.3, -0.25) is 14.5 Å². The number of likely N-dealkylation sites (tertiary alicyclic amines) is 1. The molecule has 2 aliphatic rings. The van der Waals surface area contributed by atoms with E-state index in [1.54, 1.807) is 0 Å². The number of anilines is 2. The number of amides is 2. The summed E-state index contributed by atoms with van der Waals surface area (Å²) in [6, 6.07) is 7.50. The molecule has 1 atom stereocenters. The Morgan fingerprint density at radius 2 is 1.81 bits per heavy atom. The fourth-order valence-electron chi connectivity index (χ4n) is 2.66. The fraction of sp³-hybridized carbons (Fsp3) is 0.467. The van der Waals surface area contributed by atoms with Gasteiger partial charge in [-0.2, -0.15) is 0 Å². The smallest absolute Gasteiger partial charge is 0.251 e. The van der Waals surface area contributed by atoms with E-state index >= 15 is 0 Å². The van der Waals surface area contributed by atoms with Crippen LogP contribution in [0.25, 0.3) is 0 Å². The van der Waals surface area contributed by atoms with Gasteiger partial charge in [-0.05, 0) is 24.3 Å². The van der Waals surface area contributed by atoms with E-state index in [1.807, 2.05) is 24.3 Å². The van der Waals surface area contributed by atoms with Crippen molar-refractivity contribution in [3.63, 3.8) is 0 Å². The van der Waals surface area contributed by atoms with Crippen molar-refractivity contribution in [3.05, 3.63) is 24.3 Å². The quantitative estimate of drug-likeness (QED) is 0.830. The molecule has 0 spiro atoms. The van der Waals surface area contributed by atoms with Crippen LogP contribution in [0.2, 0.25) is 0 Å². The lowest BCUT2D eigenvalue weighted by atomic mass is 10.2. The molecule has 3 rings (SSSR count). The van der Waals surface area contributed by atoms with Crippen molar-refractivity contribution in [2.75, 3.05) is 43.6 Å². The van der Waals surface area contributed by atoms with Crippen LogP contribution >= 0.6 is 0 Å². The molecular formula is C15H19N3O3. The number of imide groups is 1. The van der Waals surface area contributed by atoms with Crippen LogP contribution in [-0.4, -0.2) is 56.1 Å². The Morgan fingerprint density at radius 3 is 2.38 bits per heavy atom. The van der Waals surface area contributed by atoms with Gasteiger partial charge in [-0.15, -0.1) is 0 Å². The predicted octanol–water partition coefficient (Wildman–Crippen LogP) is 0.692. The number of benzene rings is 1. The molecule has 6 heteroatoms. The maximum atomic E-state index is 11.9. The highest BCUT2D eigenvalue weighted by molar-refractivity contribution is 6.06. The van der Waals surface area contributed by atoms with Crippen molar-refractivity contribution in [1.82, 2.24) is 4.90 Å². The minimum Gasteiger partial charge on any atom is -0.378 e. The van der Waals surface area contributed by atoms with Gasteiger partial charge in [0.15, 0.2) is 0 Å². The maximum Gasteiger partial charge on any atom is 0.251 e. The summed E-state index contributed by atoms with van der Waals surface area (Å²) in [5.41, 5.74) is 2.00. The molecule has 2 fully saturated rings. The molecule has 0 bridgehead atoms. The Labute approximate surface area is 123 Å². The zero-order chi connectivity index (χ0) is 14.8. The highest BCUT2D eigenvalue weighted by Gasteiger charge is 2.35. The first-order valence-electron chi connectivity index (χ1n) is 7.15. The van der Waals surface area contributed by atoms with Crippen LogP contribution in [0.4, 0.5) is 11.4 Å². The third-order valence-corrected chi connectivity index (χ3v) is 3.97. The van der Waals surface area contributed by atoms with Crippen LogP contribution in [0, 0.1) is 0 Å². The molecule has 21 heavy (non-hydrogen) atoms. The molecule has 2 amide bonds. The van der Waals surface area contributed by atoms with Gasteiger partial charge in [0.1, 0.15) is 6.04 Å². The number of ether oxygens (including phenoxy) is 1. The molecule has 0 aromatic heterocycles. The largest absolute Gasteiger partial charge is 0.378 e. The van der Waals surface area contributed by atoms with Crippen molar-refractivity contribution in [1.29, 1.82) is 0 Å². The van der Waals surface area contributed by atoms with Gasteiger partial charge in [0.05, 0.1) is 19.6 Å². The first-order valence-corrected chi connectivity index (χ1v) is 7.15. The molecule has 0 radical (unpaired) electrons. The van der Waals surface area contributed by atoms with E-state index < -0.39 is 6.04 Å². The van der Waals surface area contributed by atoms with Crippen molar-refractivity contribution in [2.45, 2.75) is 12.5 Å². The lowest BCUT2D eigenvalue weighted by Gasteiger charge is -2.29. The van der Waals surface area contributed by atoms with E-state index in [9.17, 15) is 9.59 Å². The second kappa shape index (κ2) is 5.73. The van der Waals surface area contributed by atoms with E-state index in [0.717, 1.165) is 37.7 Å². The average Bonchev–Trinajstić information content (AvgIpc) is 2.76. The van der Waals surface area contributed by atoms with Crippen LogP contribution in [0.1, 0.15) is 6.42 Å². The lowest BCUT2D eigenvalue weighted by Crippen LogP contribution is -2.36. The summed E-state index contributed by atoms with van der Waals surface area (Å²) in [6.45, 7) is 3.30. The Balaban J connectivity index is 1.64. The zero-order valence-corrected chi connectivity index (χ0v) is 12.0. The number of hydrogen-bond acceptors (Lipinski definition) is 5. The van der Waals surface area contributed by atoms with Crippen LogP contribution in [0.5, 0.6) is 0 Å². The molecule has 2 heterocycles. The first-order chi connectivity index (χ1) is 10.1. The summed E-state index contributed by atoms with van der Waals surface area (Å²) in [4.78, 5) is 26.8. The fourth-order valence-corrected chi connectivity index (χ4v) is 2.66. The number of hydrogen-bond donors (Lipinski definition) is 1. The van der Waals surface area contributed by atoms with E-state index in [0.29, 0.717) is 0 Å². The predicted molar refractivity (Wildman–Crippen MR) is 79.3 cm³/mol. The average molecular weight is 289 g/mol. The van der Waals surface area contributed by atoms with E-state index in [1.165, 1.54) is 11.9 Å². The topological polar surface area (TPSA) is 61.9 Å². The molecule has 2 aliphatic heterocycles. The van der Waals surface area contributed by atoms with E-state index in [-0.39, 0.29) is 18.2 Å². The number of nitrogens with zero attached hydrogens (tertiary/aromatic N) is 2. The number of carbonyl (C=O) groups excluding carboxylic acids is 2. The molecule has 112 valence electrons. The molecule has 0 aliphatic carbocycles. The van der Waals surface area contributed by atoms with E-state index in [2.05, 4.69) is 10.2 Å². The number of rotatable bonds is 3. The van der Waals surface area contributed by atoms with Crippen LogP contribution in [-0.2, 0) is 14.3 Å². The van der Waals surface area contributed by atoms with Gasteiger partial charge in [-0.25, -0.2) is 0 Å². The molecule has 0 saturated carbocycles. The normalized spacial score (nSPS) is 22.8. The van der Waals surface area contributed by atoms with Crippen molar-refractivity contribution >= 4 is 23.2 Å². The summed E-state index contributed by atoms with van der Waals surface area (Å²) < 4.78 is 5.34. The molecule has 1 aromatic carbocycles. The molecular weight excluding hydrogens is 270 g/mol. The number of carbonyl (C=O) groups is 2. The van der Waals surface area contributed by atoms with Gasteiger partial charge in [0.2, 0.25) is 5.91 Å². The molecule has 1 aromatic rings. The molecule has 1 N–H and O–H groups in total. The van der Waals surface area contributed by atoms with Gasteiger partial charge in [0.25, 0.3) is 5.91 Å². The Bertz CT molecular complexity index is 538. The van der Waals surface area contributed by atoms with Crippen molar-refractivity contribution in [2.24, 2.45) is 0 Å². The third-order valence-electron chi connectivity index (χ3n) is 3.97. The maximum absolute atomic E-state index is 11.9. The van der Waals surface area contributed by atoms with Crippen LogP contribution in [0.15, 0.2) is 24.3 Å². The highest BCUT2D eigenvalue weighted by Crippen LogP contribution is 2.21. The highest BCUT2D eigenvalue weighted by atomic mass is 16.5. The van der Waals surface area contributed by atoms with Crippen LogP contribution < -0.4 is 10.2 Å². The summed E-state index contributed by atoms with van der Waals surface area (Å²) >= 11 is 0. The minimum atomic E-state index is -0.447. The van der Waals surface area contributed by atoms with Crippen molar-refractivity contribution in [3.8, 4) is 0 Å². The first kappa shape index (κ1) is 13.9. The van der Waals surface area contributed by atoms with Gasteiger partial charge in [-0.1, -0.05) is 0 Å². The Hall–Kier alpha value is -2.08. The third kappa shape index (κ3) is 2.85. The van der Waals surface area contributed by atoms with E-state index in [4.69, 9.17) is 4.74 Å². The summed E-state index contributed by atoms with van der Waals surface area (Å²) in [5, 5.41) is 3.13. The zero-order valence-electron chi connectivity index (χ0n) is 12.0. The van der Waals surface area contributed by atoms with Crippen LogP contribution in [0.3, 0.4) is 0 Å². The second-order valence-corrected chi connectivity index (χ2v) is 5.34. The number of nitrogens with one attached hydrogen (secondary N) is 1. The van der Waals surface area contributed by atoms with Gasteiger partial charge < -0.3 is 15.0 Å². The Kier molecular flexibility index (Phi) is 3.79. The number of morpholine rings is 1. The summed E-state index contributed by atoms with van der Waals surface area (Å²) in [7, 11) is 1.52. The number of likely N-dealkylation sites (N-methyl/N-ethyl adjacent to an activating group) is 1. The molecule has 6 nitrogen and oxygen atoms in total. The van der Waals surface area contributed by atoms with Gasteiger partial charge in [0, 0.05) is 31.5 Å². The SMILES string of the molecule is CN1C(=O)C[C@@H](Nc2ccc(N3CCOCC3)cc2)C1=O. The Morgan fingerprint density at radius 1 is 1.14 bits per heavy atom. The minimum absolute atomic E-state index is 0.137. The standard InChI is InChI=1S/C15H19N3O3/c1-17-14(19)10-13(15(17)20)16-11-2-4-12(5-3-11)18-6-8-21-9-7-18/h2-5,13,16H,6-10H2,1H3/t13-/m1/s1. The van der Waals surface area contributed by atoms with Crippen molar-refractivity contribution < 1.29 is 14.3 Å². The van der Waals surface area contributed by atoms with Gasteiger partial charge >= 0.3 is 0 Å². The monoisotopic (exact) mass is 289 g/mol. The lowest BCUT2D eigenvalue weighted by molar-refractivity contribution is -0.136.